The lowest BCUT2D eigenvalue weighted by molar-refractivity contribution is 0.414. The van der Waals surface area contributed by atoms with E-state index >= 15 is 0 Å². The van der Waals surface area contributed by atoms with Crippen molar-refractivity contribution in [2.45, 2.75) is 13.3 Å². The molecular weight excluding hydrogens is 312 g/mol. The Bertz CT molecular complexity index is 625. The molecule has 0 bridgehead atoms. The maximum Gasteiger partial charge on any atom is 0.144 e. The van der Waals surface area contributed by atoms with Crippen molar-refractivity contribution in [3.05, 3.63) is 50.5 Å². The Kier molecular flexibility index (Phi) is 4.14. The van der Waals surface area contributed by atoms with Crippen molar-refractivity contribution in [2.24, 2.45) is 0 Å². The topological polar surface area (TPSA) is 37.9 Å². The number of aryl methyl sites for hydroxylation is 1. The van der Waals surface area contributed by atoms with E-state index in [0.717, 1.165) is 27.3 Å². The number of hydrogen-bond acceptors (Lipinski definition) is 3. The molecule has 0 atom stereocenters. The standard InChI is InChI=1S/C13H13BrN2OS/c1-8-12(14)13(18)16-11(15-8)7-9-4-3-5-10(6-9)17-2/h3-6H,7H2,1-2H3,(H,15,16,18). The van der Waals surface area contributed by atoms with Crippen LogP contribution in [0.2, 0.25) is 0 Å². The molecule has 2 rings (SSSR count). The molecule has 0 fully saturated rings. The maximum atomic E-state index is 5.20. The smallest absolute Gasteiger partial charge is 0.144 e. The highest BCUT2D eigenvalue weighted by Gasteiger charge is 2.04. The number of nitrogens with zero attached hydrogens (tertiary/aromatic N) is 1. The minimum atomic E-state index is 0.587. The van der Waals surface area contributed by atoms with E-state index in [-0.39, 0.29) is 0 Å². The molecule has 0 aliphatic heterocycles. The van der Waals surface area contributed by atoms with Crippen LogP contribution in [0.25, 0.3) is 0 Å². The van der Waals surface area contributed by atoms with Crippen LogP contribution in [0.5, 0.6) is 5.75 Å². The van der Waals surface area contributed by atoms with Crippen LogP contribution in [0.3, 0.4) is 0 Å². The molecule has 0 aliphatic rings. The van der Waals surface area contributed by atoms with Crippen molar-refractivity contribution < 1.29 is 4.74 Å². The Morgan fingerprint density at radius 1 is 1.44 bits per heavy atom. The summed E-state index contributed by atoms with van der Waals surface area (Å²) < 4.78 is 6.64. The van der Waals surface area contributed by atoms with Gasteiger partial charge in [-0.3, -0.25) is 0 Å². The van der Waals surface area contributed by atoms with Gasteiger partial charge in [0.1, 0.15) is 16.2 Å². The number of hydrogen-bond donors (Lipinski definition) is 1. The summed E-state index contributed by atoms with van der Waals surface area (Å²) in [7, 11) is 1.66. The second kappa shape index (κ2) is 5.63. The summed E-state index contributed by atoms with van der Waals surface area (Å²) in [6.07, 6.45) is 0.703. The van der Waals surface area contributed by atoms with Gasteiger partial charge in [-0.1, -0.05) is 24.4 Å². The maximum absolute atomic E-state index is 5.20. The molecule has 1 heterocycles. The van der Waals surface area contributed by atoms with E-state index in [0.29, 0.717) is 11.1 Å². The van der Waals surface area contributed by atoms with Crippen LogP contribution in [-0.2, 0) is 6.42 Å². The lowest BCUT2D eigenvalue weighted by Crippen LogP contribution is -2.00. The quantitative estimate of drug-likeness (QED) is 0.872. The number of H-pyrrole nitrogens is 1. The summed E-state index contributed by atoms with van der Waals surface area (Å²) in [5.41, 5.74) is 2.13. The molecule has 2 aromatic rings. The molecule has 5 heteroatoms. The fourth-order valence-corrected chi connectivity index (χ4v) is 2.14. The number of ether oxygens (including phenoxy) is 1. The summed E-state index contributed by atoms with van der Waals surface area (Å²) >= 11 is 8.59. The Morgan fingerprint density at radius 3 is 2.89 bits per heavy atom. The number of methoxy groups -OCH3 is 1. The van der Waals surface area contributed by atoms with E-state index in [1.54, 1.807) is 7.11 Å². The molecule has 0 radical (unpaired) electrons. The van der Waals surface area contributed by atoms with Crippen LogP contribution in [0.1, 0.15) is 17.1 Å². The average molecular weight is 325 g/mol. The van der Waals surface area contributed by atoms with Gasteiger partial charge in [0.2, 0.25) is 0 Å². The molecule has 0 saturated carbocycles. The number of nitrogens with one attached hydrogen (secondary N) is 1. The monoisotopic (exact) mass is 324 g/mol. The third-order valence-corrected chi connectivity index (χ3v) is 4.12. The van der Waals surface area contributed by atoms with Gasteiger partial charge in [-0.05, 0) is 40.5 Å². The van der Waals surface area contributed by atoms with Gasteiger partial charge in [-0.15, -0.1) is 0 Å². The van der Waals surface area contributed by atoms with E-state index in [2.05, 4.69) is 25.9 Å². The number of benzene rings is 1. The van der Waals surface area contributed by atoms with Gasteiger partial charge in [0.15, 0.2) is 0 Å². The van der Waals surface area contributed by atoms with Gasteiger partial charge in [-0.25, -0.2) is 4.98 Å². The van der Waals surface area contributed by atoms with E-state index in [4.69, 9.17) is 17.0 Å². The SMILES string of the molecule is COc1cccc(Cc2nc(=S)c(Br)c(C)[nH]2)c1. The van der Waals surface area contributed by atoms with Gasteiger partial charge in [0, 0.05) is 12.1 Å². The summed E-state index contributed by atoms with van der Waals surface area (Å²) in [6.45, 7) is 1.97. The summed E-state index contributed by atoms with van der Waals surface area (Å²) in [6, 6.07) is 7.93. The van der Waals surface area contributed by atoms with Crippen molar-refractivity contribution in [3.8, 4) is 5.75 Å². The van der Waals surface area contributed by atoms with Crippen LogP contribution < -0.4 is 4.74 Å². The van der Waals surface area contributed by atoms with Crippen LogP contribution >= 0.6 is 28.1 Å². The van der Waals surface area contributed by atoms with E-state index in [9.17, 15) is 0 Å². The second-order valence-electron chi connectivity index (χ2n) is 3.96. The molecule has 94 valence electrons. The highest BCUT2D eigenvalue weighted by atomic mass is 79.9. The molecule has 1 N–H and O–H groups in total. The lowest BCUT2D eigenvalue weighted by atomic mass is 10.1. The fourth-order valence-electron chi connectivity index (χ4n) is 1.69. The van der Waals surface area contributed by atoms with Crippen molar-refractivity contribution in [2.75, 3.05) is 7.11 Å². The van der Waals surface area contributed by atoms with E-state index in [1.165, 1.54) is 0 Å². The third kappa shape index (κ3) is 2.97. The Morgan fingerprint density at radius 2 is 2.22 bits per heavy atom. The summed E-state index contributed by atoms with van der Waals surface area (Å²) in [4.78, 5) is 7.59. The van der Waals surface area contributed by atoms with Gasteiger partial charge in [-0.2, -0.15) is 0 Å². The van der Waals surface area contributed by atoms with Gasteiger partial charge in [0.25, 0.3) is 0 Å². The van der Waals surface area contributed by atoms with Gasteiger partial charge in [0.05, 0.1) is 11.6 Å². The third-order valence-electron chi connectivity index (χ3n) is 2.59. The highest BCUT2D eigenvalue weighted by Crippen LogP contribution is 2.18. The highest BCUT2D eigenvalue weighted by molar-refractivity contribution is 9.10. The zero-order chi connectivity index (χ0) is 13.1. The van der Waals surface area contributed by atoms with Gasteiger partial charge < -0.3 is 9.72 Å². The van der Waals surface area contributed by atoms with Crippen molar-refractivity contribution in [3.63, 3.8) is 0 Å². The minimum Gasteiger partial charge on any atom is -0.497 e. The van der Waals surface area contributed by atoms with E-state index in [1.807, 2.05) is 31.2 Å². The Balaban J connectivity index is 2.31. The largest absolute Gasteiger partial charge is 0.497 e. The van der Waals surface area contributed by atoms with Crippen molar-refractivity contribution in [1.82, 2.24) is 9.97 Å². The van der Waals surface area contributed by atoms with Crippen LogP contribution in [0.4, 0.5) is 0 Å². The number of aromatic amines is 1. The molecule has 0 unspecified atom stereocenters. The van der Waals surface area contributed by atoms with E-state index < -0.39 is 0 Å². The first-order valence-electron chi connectivity index (χ1n) is 5.48. The number of rotatable bonds is 3. The Hall–Kier alpha value is -1.20. The minimum absolute atomic E-state index is 0.587. The van der Waals surface area contributed by atoms with Crippen LogP contribution in [0.15, 0.2) is 28.7 Å². The first-order valence-corrected chi connectivity index (χ1v) is 6.68. The molecule has 0 saturated heterocycles. The fraction of sp³-hybridized carbons (Fsp3) is 0.231. The van der Waals surface area contributed by atoms with Crippen molar-refractivity contribution >= 4 is 28.1 Å². The summed E-state index contributed by atoms with van der Waals surface area (Å²) in [5.74, 6) is 1.70. The zero-order valence-corrected chi connectivity index (χ0v) is 12.6. The van der Waals surface area contributed by atoms with Crippen LogP contribution in [0, 0.1) is 11.6 Å². The Labute approximate surface area is 119 Å². The number of halogens is 1. The molecule has 0 amide bonds. The molecule has 0 aliphatic carbocycles. The van der Waals surface area contributed by atoms with Gasteiger partial charge >= 0.3 is 0 Å². The predicted octanol–water partition coefficient (Wildman–Crippen LogP) is 3.81. The molecule has 18 heavy (non-hydrogen) atoms. The normalized spacial score (nSPS) is 10.4. The molecular formula is C13H13BrN2OS. The molecule has 3 nitrogen and oxygen atoms in total. The van der Waals surface area contributed by atoms with Crippen LogP contribution in [-0.4, -0.2) is 17.1 Å². The molecule has 0 spiro atoms. The predicted molar refractivity (Wildman–Crippen MR) is 77.7 cm³/mol. The average Bonchev–Trinajstić information content (AvgIpc) is 2.36. The first kappa shape index (κ1) is 13.2. The second-order valence-corrected chi connectivity index (χ2v) is 5.14. The number of aromatic nitrogens is 2. The van der Waals surface area contributed by atoms with Crippen molar-refractivity contribution in [1.29, 1.82) is 0 Å². The summed E-state index contributed by atoms with van der Waals surface area (Å²) in [5, 5.41) is 0. The first-order chi connectivity index (χ1) is 8.60. The zero-order valence-electron chi connectivity index (χ0n) is 10.2. The molecule has 1 aromatic heterocycles. The molecule has 1 aromatic carbocycles. The lowest BCUT2D eigenvalue weighted by Gasteiger charge is -2.06.